The molecule has 0 aromatic heterocycles. The Bertz CT molecular complexity index is 1020. The van der Waals surface area contributed by atoms with Gasteiger partial charge in [0.05, 0.1) is 38.6 Å². The Morgan fingerprint density at radius 3 is 2.45 bits per heavy atom. The summed E-state index contributed by atoms with van der Waals surface area (Å²) in [5, 5.41) is 58.7. The Labute approximate surface area is 218 Å². The summed E-state index contributed by atoms with van der Waals surface area (Å²) < 4.78 is 26.7. The highest BCUT2D eigenvalue weighted by Crippen LogP contribution is 2.37. The van der Waals surface area contributed by atoms with Crippen LogP contribution in [-0.2, 0) is 39.7 Å². The maximum absolute atomic E-state index is 12.7. The molecule has 1 aromatic rings. The largest absolute Gasteiger partial charge is 0.504 e. The molecular weight excluding hydrogens is 508 g/mol. The van der Waals surface area contributed by atoms with Gasteiger partial charge in [0, 0.05) is 18.3 Å². The number of aliphatic hydroxyl groups is 4. The Morgan fingerprint density at radius 1 is 1.08 bits per heavy atom. The normalized spacial score (nSPS) is 31.0. The molecule has 0 amide bonds. The highest BCUT2D eigenvalue weighted by atomic mass is 16.8. The van der Waals surface area contributed by atoms with Gasteiger partial charge in [0.2, 0.25) is 6.29 Å². The number of carbonyl (C=O) groups is 2. The van der Waals surface area contributed by atoms with Crippen LogP contribution in [-0.4, -0.2) is 99.9 Å². The van der Waals surface area contributed by atoms with E-state index >= 15 is 0 Å². The minimum absolute atomic E-state index is 0.00598. The predicted molar refractivity (Wildman–Crippen MR) is 126 cm³/mol. The smallest absolute Gasteiger partial charge is 0.337 e. The van der Waals surface area contributed by atoms with E-state index in [1.54, 1.807) is 6.07 Å². The summed E-state index contributed by atoms with van der Waals surface area (Å²) in [7, 11) is 1.16. The highest BCUT2D eigenvalue weighted by Gasteiger charge is 2.47. The SMILES string of the molecule is C=C[C@H]1[C@H](O[C@@H]2O[C@H](CO)[C@@H](O)[C@H](O)[C@H]2O)OC=C(C(=O)OC)[C@H]1CC(=O)OCCc1ccc(O)c(O)c1. The summed E-state index contributed by atoms with van der Waals surface area (Å²) in [5.41, 5.74) is 0.623. The zero-order valence-corrected chi connectivity index (χ0v) is 20.6. The first-order chi connectivity index (χ1) is 18.1. The first-order valence-electron chi connectivity index (χ1n) is 11.8. The Balaban J connectivity index is 1.70. The van der Waals surface area contributed by atoms with Crippen LogP contribution in [0.1, 0.15) is 12.0 Å². The van der Waals surface area contributed by atoms with E-state index in [2.05, 4.69) is 6.58 Å². The maximum atomic E-state index is 12.7. The first-order valence-corrected chi connectivity index (χ1v) is 11.8. The number of phenols is 2. The van der Waals surface area contributed by atoms with Crippen molar-refractivity contribution < 1.29 is 63.9 Å². The van der Waals surface area contributed by atoms with Crippen LogP contribution >= 0.6 is 0 Å². The number of hydrogen-bond donors (Lipinski definition) is 6. The zero-order valence-electron chi connectivity index (χ0n) is 20.6. The number of carbonyl (C=O) groups excluding carboxylic acids is 2. The monoisotopic (exact) mass is 540 g/mol. The van der Waals surface area contributed by atoms with Crippen LogP contribution in [0.4, 0.5) is 0 Å². The average Bonchev–Trinajstić information content (AvgIpc) is 2.90. The number of ether oxygens (including phenoxy) is 5. The summed E-state index contributed by atoms with van der Waals surface area (Å²) >= 11 is 0. The highest BCUT2D eigenvalue weighted by molar-refractivity contribution is 5.90. The lowest BCUT2D eigenvalue weighted by Gasteiger charge is -2.42. The molecule has 1 fully saturated rings. The van der Waals surface area contributed by atoms with Crippen molar-refractivity contribution in [3.05, 3.63) is 48.3 Å². The maximum Gasteiger partial charge on any atom is 0.337 e. The van der Waals surface area contributed by atoms with Gasteiger partial charge in [-0.15, -0.1) is 6.58 Å². The lowest BCUT2D eigenvalue weighted by molar-refractivity contribution is -0.339. The Morgan fingerprint density at radius 2 is 1.82 bits per heavy atom. The minimum atomic E-state index is -1.70. The van der Waals surface area contributed by atoms with Crippen LogP contribution in [0.2, 0.25) is 0 Å². The molecular formula is C25H32O13. The fraction of sp³-hybridized carbons (Fsp3) is 0.520. The van der Waals surface area contributed by atoms with E-state index in [4.69, 9.17) is 23.7 Å². The van der Waals surface area contributed by atoms with Crippen molar-refractivity contribution in [2.45, 2.75) is 49.8 Å². The third-order valence-electron chi connectivity index (χ3n) is 6.40. The summed E-state index contributed by atoms with van der Waals surface area (Å²) in [6.45, 7) is 3.02. The molecule has 8 atom stereocenters. The van der Waals surface area contributed by atoms with Gasteiger partial charge in [-0.05, 0) is 17.7 Å². The molecule has 0 aliphatic carbocycles. The van der Waals surface area contributed by atoms with E-state index < -0.39 is 67.4 Å². The van der Waals surface area contributed by atoms with Gasteiger partial charge in [0.1, 0.15) is 24.4 Å². The number of esters is 2. The van der Waals surface area contributed by atoms with Crippen LogP contribution in [0.15, 0.2) is 42.7 Å². The van der Waals surface area contributed by atoms with Gasteiger partial charge in [0.15, 0.2) is 17.8 Å². The molecule has 0 spiro atoms. The summed E-state index contributed by atoms with van der Waals surface area (Å²) in [5.74, 6) is -3.75. The average molecular weight is 541 g/mol. The summed E-state index contributed by atoms with van der Waals surface area (Å²) in [6, 6.07) is 4.22. The van der Waals surface area contributed by atoms with Crippen molar-refractivity contribution in [2.24, 2.45) is 11.8 Å². The second-order valence-electron chi connectivity index (χ2n) is 8.82. The standard InChI is InChI=1S/C25H32O13/c1-3-13-14(9-19(29)35-7-6-12-4-5-16(27)17(28)8-12)15(23(33)34-2)11-36-24(13)38-25-22(32)21(31)20(30)18(10-26)37-25/h3-5,8,11,13-14,18,20-22,24-28,30-32H,1,6-7,9-10H2,2H3/t13-,14+,18-,20-,21+,22-,24+,25+/m1/s1. The molecule has 210 valence electrons. The molecule has 38 heavy (non-hydrogen) atoms. The molecule has 1 saturated heterocycles. The number of phenolic OH excluding ortho intramolecular Hbond substituents is 2. The fourth-order valence-electron chi connectivity index (χ4n) is 4.23. The van der Waals surface area contributed by atoms with Gasteiger partial charge in [-0.2, -0.15) is 0 Å². The predicted octanol–water partition coefficient (Wildman–Crippen LogP) is -0.778. The van der Waals surface area contributed by atoms with E-state index in [1.807, 2.05) is 0 Å². The summed E-state index contributed by atoms with van der Waals surface area (Å²) in [4.78, 5) is 25.1. The van der Waals surface area contributed by atoms with Crippen LogP contribution in [0.5, 0.6) is 11.5 Å². The van der Waals surface area contributed by atoms with Gasteiger partial charge in [-0.1, -0.05) is 12.1 Å². The molecule has 0 radical (unpaired) electrons. The summed E-state index contributed by atoms with van der Waals surface area (Å²) in [6.07, 6.45) is -6.59. The number of aromatic hydroxyl groups is 2. The van der Waals surface area contributed by atoms with Gasteiger partial charge >= 0.3 is 11.9 Å². The Kier molecular flexibility index (Phi) is 10.1. The fourth-order valence-corrected chi connectivity index (χ4v) is 4.23. The van der Waals surface area contributed by atoms with Gasteiger partial charge in [0.25, 0.3) is 0 Å². The van der Waals surface area contributed by atoms with E-state index in [9.17, 15) is 40.2 Å². The van der Waals surface area contributed by atoms with E-state index in [1.165, 1.54) is 18.2 Å². The molecule has 6 N–H and O–H groups in total. The number of benzene rings is 1. The van der Waals surface area contributed by atoms with E-state index in [-0.39, 0.29) is 36.5 Å². The second-order valence-corrected chi connectivity index (χ2v) is 8.82. The molecule has 3 rings (SSSR count). The van der Waals surface area contributed by atoms with Gasteiger partial charge in [-0.3, -0.25) is 4.79 Å². The quantitative estimate of drug-likeness (QED) is 0.123. The minimum Gasteiger partial charge on any atom is -0.504 e. The first kappa shape index (κ1) is 29.4. The molecule has 13 nitrogen and oxygen atoms in total. The lowest BCUT2D eigenvalue weighted by Crippen LogP contribution is -2.60. The molecule has 0 saturated carbocycles. The number of rotatable bonds is 10. The number of methoxy groups -OCH3 is 1. The molecule has 2 aliphatic rings. The van der Waals surface area contributed by atoms with Crippen molar-refractivity contribution in [3.63, 3.8) is 0 Å². The van der Waals surface area contributed by atoms with Crippen LogP contribution in [0, 0.1) is 11.8 Å². The van der Waals surface area contributed by atoms with Gasteiger partial charge < -0.3 is 54.3 Å². The van der Waals surface area contributed by atoms with Crippen molar-refractivity contribution in [1.82, 2.24) is 0 Å². The zero-order chi connectivity index (χ0) is 28.0. The van der Waals surface area contributed by atoms with Crippen LogP contribution < -0.4 is 0 Å². The van der Waals surface area contributed by atoms with E-state index in [0.717, 1.165) is 13.4 Å². The van der Waals surface area contributed by atoms with Crippen molar-refractivity contribution in [3.8, 4) is 11.5 Å². The van der Waals surface area contributed by atoms with Crippen molar-refractivity contribution in [1.29, 1.82) is 0 Å². The lowest BCUT2D eigenvalue weighted by atomic mass is 9.81. The number of aliphatic hydroxyl groups excluding tert-OH is 4. The second kappa shape index (κ2) is 13.0. The molecule has 2 heterocycles. The van der Waals surface area contributed by atoms with Crippen LogP contribution in [0.25, 0.3) is 0 Å². The van der Waals surface area contributed by atoms with Gasteiger partial charge in [-0.25, -0.2) is 4.79 Å². The molecule has 2 aliphatic heterocycles. The molecule has 0 unspecified atom stereocenters. The Hall–Kier alpha value is -3.20. The third-order valence-corrected chi connectivity index (χ3v) is 6.40. The topological polar surface area (TPSA) is 202 Å². The van der Waals surface area contributed by atoms with E-state index in [0.29, 0.717) is 5.56 Å². The van der Waals surface area contributed by atoms with Crippen molar-refractivity contribution in [2.75, 3.05) is 20.3 Å². The van der Waals surface area contributed by atoms with Crippen molar-refractivity contribution >= 4 is 11.9 Å². The molecule has 0 bridgehead atoms. The molecule has 13 heteroatoms. The van der Waals surface area contributed by atoms with Crippen LogP contribution in [0.3, 0.4) is 0 Å². The molecule has 1 aromatic carbocycles. The third kappa shape index (κ3) is 6.62. The number of hydrogen-bond acceptors (Lipinski definition) is 13.